The maximum atomic E-state index is 12.7. The van der Waals surface area contributed by atoms with Crippen molar-refractivity contribution >= 4 is 21.2 Å². The lowest BCUT2D eigenvalue weighted by Gasteiger charge is -2.26. The summed E-state index contributed by atoms with van der Waals surface area (Å²) in [6, 6.07) is 4.85. The fourth-order valence-electron chi connectivity index (χ4n) is 3.31. The summed E-state index contributed by atoms with van der Waals surface area (Å²) in [5, 5.41) is 2.11. The van der Waals surface area contributed by atoms with Crippen molar-refractivity contribution in [1.29, 1.82) is 0 Å². The van der Waals surface area contributed by atoms with Gasteiger partial charge in [-0.1, -0.05) is 12.1 Å². The van der Waals surface area contributed by atoms with E-state index in [2.05, 4.69) is 15.0 Å². The third-order valence-corrected chi connectivity index (χ3v) is 6.71. The Morgan fingerprint density at radius 1 is 1.19 bits per heavy atom. The van der Waals surface area contributed by atoms with Gasteiger partial charge >= 0.3 is 6.18 Å². The molecule has 0 fully saturated rings. The zero-order valence-electron chi connectivity index (χ0n) is 16.2. The average Bonchev–Trinajstić information content (AvgIpc) is 3.15. The van der Waals surface area contributed by atoms with Crippen LogP contribution >= 0.6 is 11.3 Å². The van der Waals surface area contributed by atoms with E-state index in [-0.39, 0.29) is 5.16 Å². The molecule has 1 aromatic carbocycles. The number of H-pyrrole nitrogens is 1. The van der Waals surface area contributed by atoms with E-state index in [0.717, 1.165) is 24.1 Å². The Morgan fingerprint density at radius 2 is 1.90 bits per heavy atom. The quantitative estimate of drug-likeness (QED) is 0.589. The molecule has 0 amide bonds. The number of rotatable bonds is 4. The standard InChI is InChI=1S/C19H17F3N4O3S2/c1-31(28,29)18-24-15-6-7-26(9-14(15)16(27)25-18)8-13-10-30-17(23-13)11-2-4-12(5-3-11)19(20,21)22/h2-5,10H,6-9H2,1H3,(H,24,25,27). The topological polar surface area (TPSA) is 96.0 Å². The fourth-order valence-corrected chi connectivity index (χ4v) is 4.68. The summed E-state index contributed by atoms with van der Waals surface area (Å²) in [7, 11) is -3.61. The van der Waals surface area contributed by atoms with Crippen LogP contribution in [0.5, 0.6) is 0 Å². The largest absolute Gasteiger partial charge is 0.416 e. The van der Waals surface area contributed by atoms with Crippen molar-refractivity contribution in [2.45, 2.75) is 30.8 Å². The number of nitrogens with zero attached hydrogens (tertiary/aromatic N) is 3. The van der Waals surface area contributed by atoms with Crippen molar-refractivity contribution in [1.82, 2.24) is 19.9 Å². The van der Waals surface area contributed by atoms with Gasteiger partial charge in [-0.2, -0.15) is 13.2 Å². The van der Waals surface area contributed by atoms with E-state index in [1.807, 2.05) is 10.3 Å². The highest BCUT2D eigenvalue weighted by molar-refractivity contribution is 7.90. The van der Waals surface area contributed by atoms with Crippen LogP contribution in [0, 0.1) is 0 Å². The van der Waals surface area contributed by atoms with Gasteiger partial charge in [0.15, 0.2) is 0 Å². The Kier molecular flexibility index (Phi) is 5.48. The lowest BCUT2D eigenvalue weighted by Crippen LogP contribution is -2.36. The molecule has 3 aromatic rings. The second-order valence-electron chi connectivity index (χ2n) is 7.25. The monoisotopic (exact) mass is 470 g/mol. The van der Waals surface area contributed by atoms with Crippen molar-refractivity contribution < 1.29 is 21.6 Å². The summed E-state index contributed by atoms with van der Waals surface area (Å²) >= 11 is 1.33. The molecule has 2 aromatic heterocycles. The molecular weight excluding hydrogens is 453 g/mol. The highest BCUT2D eigenvalue weighted by Crippen LogP contribution is 2.32. The molecule has 0 aliphatic carbocycles. The van der Waals surface area contributed by atoms with Crippen LogP contribution in [0.25, 0.3) is 10.6 Å². The fraction of sp³-hybridized carbons (Fsp3) is 0.316. The van der Waals surface area contributed by atoms with Crippen molar-refractivity contribution in [3.8, 4) is 10.6 Å². The van der Waals surface area contributed by atoms with E-state index >= 15 is 0 Å². The SMILES string of the molecule is CS(=O)(=O)c1nc2c(c(=O)[nH]1)CN(Cc1csc(-c3ccc(C(F)(F)F)cc3)n1)CC2. The third-order valence-electron chi connectivity index (χ3n) is 4.87. The number of sulfone groups is 1. The zero-order chi connectivity index (χ0) is 22.4. The average molecular weight is 470 g/mol. The Bertz CT molecular complexity index is 1280. The van der Waals surface area contributed by atoms with E-state index in [0.29, 0.717) is 47.9 Å². The van der Waals surface area contributed by atoms with E-state index in [9.17, 15) is 26.4 Å². The number of nitrogens with one attached hydrogen (secondary N) is 1. The summed E-state index contributed by atoms with van der Waals surface area (Å²) < 4.78 is 61.5. The lowest BCUT2D eigenvalue weighted by atomic mass is 10.1. The summed E-state index contributed by atoms with van der Waals surface area (Å²) in [6.07, 6.45) is -2.97. The van der Waals surface area contributed by atoms with Crippen LogP contribution in [0.4, 0.5) is 13.2 Å². The van der Waals surface area contributed by atoms with Crippen LogP contribution in [0.1, 0.15) is 22.5 Å². The molecule has 164 valence electrons. The Morgan fingerprint density at radius 3 is 2.55 bits per heavy atom. The van der Waals surface area contributed by atoms with Crippen LogP contribution in [0.2, 0.25) is 0 Å². The summed E-state index contributed by atoms with van der Waals surface area (Å²) in [4.78, 5) is 25.2. The van der Waals surface area contributed by atoms with Gasteiger partial charge in [-0.15, -0.1) is 11.3 Å². The minimum atomic E-state index is -4.38. The third kappa shape index (κ3) is 4.70. The molecule has 7 nitrogen and oxygen atoms in total. The van der Waals surface area contributed by atoms with Crippen LogP contribution in [-0.4, -0.2) is 41.1 Å². The first-order valence-corrected chi connectivity index (χ1v) is 11.9. The lowest BCUT2D eigenvalue weighted by molar-refractivity contribution is -0.137. The molecule has 12 heteroatoms. The molecule has 1 N–H and O–H groups in total. The first-order chi connectivity index (χ1) is 14.5. The number of alkyl halides is 3. The molecule has 0 spiro atoms. The zero-order valence-corrected chi connectivity index (χ0v) is 17.9. The second-order valence-corrected chi connectivity index (χ2v) is 10.0. The summed E-state index contributed by atoms with van der Waals surface area (Å²) in [6.45, 7) is 1.32. The van der Waals surface area contributed by atoms with Crippen molar-refractivity contribution in [2.24, 2.45) is 0 Å². The van der Waals surface area contributed by atoms with Crippen molar-refractivity contribution in [3.63, 3.8) is 0 Å². The first-order valence-electron chi connectivity index (χ1n) is 9.17. The van der Waals surface area contributed by atoms with Crippen molar-refractivity contribution in [3.05, 3.63) is 62.5 Å². The molecule has 31 heavy (non-hydrogen) atoms. The van der Waals surface area contributed by atoms with Gasteiger partial charge < -0.3 is 0 Å². The number of halogens is 3. The van der Waals surface area contributed by atoms with Gasteiger partial charge in [-0.05, 0) is 12.1 Å². The molecule has 1 aliphatic rings. The van der Waals surface area contributed by atoms with E-state index < -0.39 is 27.1 Å². The number of benzene rings is 1. The Hall–Kier alpha value is -2.57. The second kappa shape index (κ2) is 7.84. The number of hydrogen-bond donors (Lipinski definition) is 1. The van der Waals surface area contributed by atoms with Gasteiger partial charge in [0.1, 0.15) is 5.01 Å². The number of aromatic nitrogens is 3. The van der Waals surface area contributed by atoms with Crippen LogP contribution < -0.4 is 5.56 Å². The maximum absolute atomic E-state index is 12.7. The van der Waals surface area contributed by atoms with Gasteiger partial charge in [0.2, 0.25) is 15.0 Å². The highest BCUT2D eigenvalue weighted by Gasteiger charge is 2.30. The van der Waals surface area contributed by atoms with Crippen LogP contribution in [0.3, 0.4) is 0 Å². The predicted octanol–water partition coefficient (Wildman–Crippen LogP) is 2.87. The molecule has 0 atom stereocenters. The normalized spacial score (nSPS) is 15.1. The maximum Gasteiger partial charge on any atom is 0.416 e. The molecule has 0 bridgehead atoms. The van der Waals surface area contributed by atoms with Crippen LogP contribution in [-0.2, 0) is 35.5 Å². The highest BCUT2D eigenvalue weighted by atomic mass is 32.2. The van der Waals surface area contributed by atoms with E-state index in [1.54, 1.807) is 0 Å². The number of aromatic amines is 1. The molecule has 1 aliphatic heterocycles. The summed E-state index contributed by atoms with van der Waals surface area (Å²) in [5.41, 5.74) is 1.06. The van der Waals surface area contributed by atoms with Crippen LogP contribution in [0.15, 0.2) is 39.6 Å². The van der Waals surface area contributed by atoms with Gasteiger partial charge in [0.25, 0.3) is 5.56 Å². The van der Waals surface area contributed by atoms with Crippen molar-refractivity contribution in [2.75, 3.05) is 12.8 Å². The molecule has 0 saturated heterocycles. The predicted molar refractivity (Wildman–Crippen MR) is 108 cm³/mol. The summed E-state index contributed by atoms with van der Waals surface area (Å²) in [5.74, 6) is 0. The van der Waals surface area contributed by atoms with E-state index in [4.69, 9.17) is 0 Å². The Balaban J connectivity index is 1.49. The molecular formula is C19H17F3N4O3S2. The van der Waals surface area contributed by atoms with Gasteiger partial charge in [-0.3, -0.25) is 14.7 Å². The molecule has 3 heterocycles. The molecule has 0 saturated carbocycles. The van der Waals surface area contributed by atoms with Gasteiger partial charge in [0.05, 0.1) is 22.5 Å². The van der Waals surface area contributed by atoms with E-state index in [1.165, 1.54) is 23.5 Å². The number of hydrogen-bond acceptors (Lipinski definition) is 7. The minimum Gasteiger partial charge on any atom is -0.297 e. The molecule has 0 radical (unpaired) electrons. The van der Waals surface area contributed by atoms with Gasteiger partial charge in [0, 0.05) is 43.3 Å². The Labute approximate surface area is 179 Å². The first kappa shape index (κ1) is 21.7. The number of fused-ring (bicyclic) bond motifs is 1. The van der Waals surface area contributed by atoms with Gasteiger partial charge in [-0.25, -0.2) is 18.4 Å². The minimum absolute atomic E-state index is 0.300. The molecule has 0 unspecified atom stereocenters. The number of thiazole rings is 1. The smallest absolute Gasteiger partial charge is 0.297 e. The molecule has 4 rings (SSSR count).